The van der Waals surface area contributed by atoms with E-state index >= 15 is 0 Å². The van der Waals surface area contributed by atoms with Crippen LogP contribution < -0.4 is 5.73 Å². The van der Waals surface area contributed by atoms with Crippen molar-refractivity contribution in [2.24, 2.45) is 11.7 Å². The van der Waals surface area contributed by atoms with E-state index in [9.17, 15) is 0 Å². The number of nitrogens with zero attached hydrogens (tertiary/aromatic N) is 2. The van der Waals surface area contributed by atoms with E-state index in [0.29, 0.717) is 0 Å². The second-order valence-corrected chi connectivity index (χ2v) is 5.33. The van der Waals surface area contributed by atoms with E-state index in [1.165, 1.54) is 18.4 Å². The molecule has 1 fully saturated rings. The van der Waals surface area contributed by atoms with E-state index in [1.807, 2.05) is 10.9 Å². The van der Waals surface area contributed by atoms with Gasteiger partial charge in [-0.15, -0.1) is 0 Å². The van der Waals surface area contributed by atoms with Crippen LogP contribution in [-0.2, 0) is 12.1 Å². The van der Waals surface area contributed by atoms with Gasteiger partial charge < -0.3 is 5.73 Å². The van der Waals surface area contributed by atoms with E-state index in [2.05, 4.69) is 25.1 Å². The summed E-state index contributed by atoms with van der Waals surface area (Å²) in [6, 6.07) is 0. The number of nitrogens with two attached hydrogens (primary N) is 1. The van der Waals surface area contributed by atoms with Crippen LogP contribution in [-0.4, -0.2) is 9.78 Å². The van der Waals surface area contributed by atoms with E-state index in [0.717, 1.165) is 31.7 Å². The fraction of sp³-hybridized carbons (Fsp3) is 0.769. The zero-order valence-corrected chi connectivity index (χ0v) is 10.4. The average Bonchev–Trinajstić information content (AvgIpc) is 2.73. The smallest absolute Gasteiger partial charge is 0.0540 e. The van der Waals surface area contributed by atoms with Crippen LogP contribution in [0.5, 0.6) is 0 Å². The Morgan fingerprint density at radius 3 is 2.81 bits per heavy atom. The Kier molecular flexibility index (Phi) is 3.33. The lowest BCUT2D eigenvalue weighted by Gasteiger charge is -2.35. The summed E-state index contributed by atoms with van der Waals surface area (Å²) in [5.41, 5.74) is 7.62. The molecule has 0 atom stereocenters. The Morgan fingerprint density at radius 2 is 2.19 bits per heavy atom. The number of aromatic nitrogens is 2. The summed E-state index contributed by atoms with van der Waals surface area (Å²) < 4.78 is 2.02. The largest absolute Gasteiger partial charge is 0.321 e. The van der Waals surface area contributed by atoms with Crippen LogP contribution in [0.25, 0.3) is 0 Å². The van der Waals surface area contributed by atoms with Gasteiger partial charge in [0.15, 0.2) is 0 Å². The Labute approximate surface area is 98.0 Å². The minimum atomic E-state index is -0.113. The van der Waals surface area contributed by atoms with Crippen LogP contribution >= 0.6 is 0 Å². The molecule has 3 heteroatoms. The van der Waals surface area contributed by atoms with Crippen molar-refractivity contribution in [2.75, 3.05) is 0 Å². The highest BCUT2D eigenvalue weighted by molar-refractivity contribution is 5.18. The van der Waals surface area contributed by atoms with Crippen molar-refractivity contribution in [3.63, 3.8) is 0 Å². The van der Waals surface area contributed by atoms with E-state index in [4.69, 9.17) is 5.73 Å². The van der Waals surface area contributed by atoms with Gasteiger partial charge in [0.25, 0.3) is 0 Å². The lowest BCUT2D eigenvalue weighted by molar-refractivity contribution is 0.248. The van der Waals surface area contributed by atoms with Gasteiger partial charge in [0.2, 0.25) is 0 Å². The molecule has 0 saturated heterocycles. The molecule has 0 aromatic carbocycles. The Bertz CT molecular complexity index is 335. The molecule has 3 nitrogen and oxygen atoms in total. The van der Waals surface area contributed by atoms with Crippen molar-refractivity contribution in [3.05, 3.63) is 18.0 Å². The van der Waals surface area contributed by atoms with Crippen molar-refractivity contribution < 1.29 is 0 Å². The molecule has 0 aliphatic heterocycles. The molecule has 1 heterocycles. The van der Waals surface area contributed by atoms with Gasteiger partial charge in [-0.05, 0) is 38.0 Å². The normalized spacial score (nSPS) is 30.6. The SMILES string of the molecule is CCCn1cc(C2(N)CCC(C)CC2)cn1. The van der Waals surface area contributed by atoms with Crippen molar-refractivity contribution in [2.45, 2.75) is 58.0 Å². The topological polar surface area (TPSA) is 43.8 Å². The maximum Gasteiger partial charge on any atom is 0.0540 e. The van der Waals surface area contributed by atoms with Crippen molar-refractivity contribution in [3.8, 4) is 0 Å². The highest BCUT2D eigenvalue weighted by Gasteiger charge is 2.32. The zero-order chi connectivity index (χ0) is 11.6. The molecule has 2 N–H and O–H groups in total. The van der Waals surface area contributed by atoms with Gasteiger partial charge in [-0.25, -0.2) is 0 Å². The molecular formula is C13H23N3. The van der Waals surface area contributed by atoms with Crippen LogP contribution in [0.15, 0.2) is 12.4 Å². The Balaban J connectivity index is 2.09. The summed E-state index contributed by atoms with van der Waals surface area (Å²) in [4.78, 5) is 0. The van der Waals surface area contributed by atoms with Gasteiger partial charge in [-0.1, -0.05) is 13.8 Å². The first-order valence-electron chi connectivity index (χ1n) is 6.46. The predicted molar refractivity (Wildman–Crippen MR) is 66.0 cm³/mol. The van der Waals surface area contributed by atoms with E-state index < -0.39 is 0 Å². The minimum absolute atomic E-state index is 0.113. The summed E-state index contributed by atoms with van der Waals surface area (Å²) in [7, 11) is 0. The molecule has 2 rings (SSSR count). The first-order valence-corrected chi connectivity index (χ1v) is 6.46. The lowest BCUT2D eigenvalue weighted by Crippen LogP contribution is -2.39. The van der Waals surface area contributed by atoms with Crippen LogP contribution in [0, 0.1) is 5.92 Å². The predicted octanol–water partition coefficient (Wildman–Crippen LogP) is 2.66. The highest BCUT2D eigenvalue weighted by Crippen LogP contribution is 2.36. The average molecular weight is 221 g/mol. The monoisotopic (exact) mass is 221 g/mol. The van der Waals surface area contributed by atoms with Crippen LogP contribution in [0.4, 0.5) is 0 Å². The van der Waals surface area contributed by atoms with Gasteiger partial charge in [0.05, 0.1) is 6.20 Å². The Morgan fingerprint density at radius 1 is 1.50 bits per heavy atom. The third-order valence-corrected chi connectivity index (χ3v) is 3.83. The van der Waals surface area contributed by atoms with Gasteiger partial charge in [0, 0.05) is 23.8 Å². The molecule has 1 aromatic rings. The molecule has 90 valence electrons. The van der Waals surface area contributed by atoms with Gasteiger partial charge in [0.1, 0.15) is 0 Å². The summed E-state index contributed by atoms with van der Waals surface area (Å²) >= 11 is 0. The molecule has 1 aliphatic carbocycles. The number of aryl methyl sites for hydroxylation is 1. The lowest BCUT2D eigenvalue weighted by atomic mass is 9.75. The summed E-state index contributed by atoms with van der Waals surface area (Å²) in [6.45, 7) is 5.48. The second-order valence-electron chi connectivity index (χ2n) is 5.33. The van der Waals surface area contributed by atoms with Gasteiger partial charge in [-0.2, -0.15) is 5.10 Å². The quantitative estimate of drug-likeness (QED) is 0.852. The number of hydrogen-bond acceptors (Lipinski definition) is 2. The highest BCUT2D eigenvalue weighted by atomic mass is 15.3. The molecule has 0 radical (unpaired) electrons. The third-order valence-electron chi connectivity index (χ3n) is 3.83. The summed E-state index contributed by atoms with van der Waals surface area (Å²) in [5, 5.41) is 4.38. The number of rotatable bonds is 3. The van der Waals surface area contributed by atoms with Crippen molar-refractivity contribution in [1.29, 1.82) is 0 Å². The standard InChI is InChI=1S/C13H23N3/c1-3-8-16-10-12(9-15-16)13(14)6-4-11(2)5-7-13/h9-11H,3-8,14H2,1-2H3. The van der Waals surface area contributed by atoms with E-state index in [1.54, 1.807) is 0 Å². The third kappa shape index (κ3) is 2.29. The fourth-order valence-electron chi connectivity index (χ4n) is 2.54. The molecule has 0 amide bonds. The molecule has 0 bridgehead atoms. The molecular weight excluding hydrogens is 198 g/mol. The number of hydrogen-bond donors (Lipinski definition) is 1. The molecule has 0 spiro atoms. The maximum absolute atomic E-state index is 6.50. The van der Waals surface area contributed by atoms with Crippen LogP contribution in [0.1, 0.15) is 51.5 Å². The van der Waals surface area contributed by atoms with Gasteiger partial charge in [-0.3, -0.25) is 4.68 Å². The van der Waals surface area contributed by atoms with Crippen LogP contribution in [0.2, 0.25) is 0 Å². The summed E-state index contributed by atoms with van der Waals surface area (Å²) in [5.74, 6) is 0.836. The fourth-order valence-corrected chi connectivity index (χ4v) is 2.54. The van der Waals surface area contributed by atoms with Gasteiger partial charge >= 0.3 is 0 Å². The summed E-state index contributed by atoms with van der Waals surface area (Å²) in [6.07, 6.45) is 9.92. The van der Waals surface area contributed by atoms with Crippen molar-refractivity contribution in [1.82, 2.24) is 9.78 Å². The first kappa shape index (κ1) is 11.6. The molecule has 1 aliphatic rings. The molecule has 16 heavy (non-hydrogen) atoms. The Hall–Kier alpha value is -0.830. The van der Waals surface area contributed by atoms with E-state index in [-0.39, 0.29) is 5.54 Å². The maximum atomic E-state index is 6.50. The van der Waals surface area contributed by atoms with Crippen molar-refractivity contribution >= 4 is 0 Å². The first-order chi connectivity index (χ1) is 7.64. The zero-order valence-electron chi connectivity index (χ0n) is 10.4. The molecule has 1 saturated carbocycles. The minimum Gasteiger partial charge on any atom is -0.321 e. The molecule has 1 aromatic heterocycles. The molecule has 0 unspecified atom stereocenters. The second kappa shape index (κ2) is 4.58. The van der Waals surface area contributed by atoms with Crippen LogP contribution in [0.3, 0.4) is 0 Å².